The largest absolute Gasteiger partial charge is 0.497 e. The number of hydrogen-bond donors (Lipinski definition) is 1. The number of carbonyl (C=O) groups excluding carboxylic acids is 2. The Labute approximate surface area is 153 Å². The number of benzene rings is 2. The minimum atomic E-state index is -0.296. The maximum atomic E-state index is 12.4. The van der Waals surface area contributed by atoms with E-state index in [0.29, 0.717) is 23.7 Å². The first-order valence-corrected chi connectivity index (χ1v) is 8.26. The van der Waals surface area contributed by atoms with Crippen molar-refractivity contribution in [2.24, 2.45) is 0 Å². The van der Waals surface area contributed by atoms with Gasteiger partial charge in [-0.2, -0.15) is 0 Å². The van der Waals surface area contributed by atoms with Gasteiger partial charge in [-0.25, -0.2) is 0 Å². The lowest BCUT2D eigenvalue weighted by atomic mass is 10.1. The van der Waals surface area contributed by atoms with E-state index in [4.69, 9.17) is 9.47 Å². The molecule has 0 saturated heterocycles. The SMILES string of the molecule is COc1ccc(NC(=O)CN(Cc2ccc(C)cc2)C(C)=O)c(OC)c1. The summed E-state index contributed by atoms with van der Waals surface area (Å²) >= 11 is 0. The highest BCUT2D eigenvalue weighted by atomic mass is 16.5. The van der Waals surface area contributed by atoms with E-state index in [-0.39, 0.29) is 18.4 Å². The van der Waals surface area contributed by atoms with Gasteiger partial charge in [0.05, 0.1) is 19.9 Å². The number of anilines is 1. The molecule has 2 rings (SSSR count). The highest BCUT2D eigenvalue weighted by Gasteiger charge is 2.16. The number of amides is 2. The van der Waals surface area contributed by atoms with Crippen molar-refractivity contribution in [3.05, 3.63) is 53.6 Å². The fourth-order valence-corrected chi connectivity index (χ4v) is 2.46. The maximum absolute atomic E-state index is 12.4. The first-order valence-electron chi connectivity index (χ1n) is 8.26. The molecule has 0 aliphatic heterocycles. The number of rotatable bonds is 7. The number of aryl methyl sites for hydroxylation is 1. The molecule has 138 valence electrons. The molecule has 0 spiro atoms. The van der Waals surface area contributed by atoms with Gasteiger partial charge in [0.1, 0.15) is 18.0 Å². The molecular formula is C20H24N2O4. The summed E-state index contributed by atoms with van der Waals surface area (Å²) in [4.78, 5) is 25.8. The third-order valence-corrected chi connectivity index (χ3v) is 3.96. The second-order valence-electron chi connectivity index (χ2n) is 5.98. The fourth-order valence-electron chi connectivity index (χ4n) is 2.46. The molecule has 0 unspecified atom stereocenters. The van der Waals surface area contributed by atoms with Crippen LogP contribution in [0.3, 0.4) is 0 Å². The van der Waals surface area contributed by atoms with Gasteiger partial charge in [0.2, 0.25) is 11.8 Å². The number of carbonyl (C=O) groups is 2. The Hall–Kier alpha value is -3.02. The van der Waals surface area contributed by atoms with E-state index in [9.17, 15) is 9.59 Å². The van der Waals surface area contributed by atoms with Crippen LogP contribution in [0.4, 0.5) is 5.69 Å². The molecule has 26 heavy (non-hydrogen) atoms. The summed E-state index contributed by atoms with van der Waals surface area (Å²) < 4.78 is 10.4. The normalized spacial score (nSPS) is 10.2. The fraction of sp³-hybridized carbons (Fsp3) is 0.300. The van der Waals surface area contributed by atoms with Crippen LogP contribution in [0.5, 0.6) is 11.5 Å². The Morgan fingerprint density at radius 2 is 1.73 bits per heavy atom. The molecule has 2 aromatic rings. The van der Waals surface area contributed by atoms with Crippen LogP contribution in [0.15, 0.2) is 42.5 Å². The maximum Gasteiger partial charge on any atom is 0.244 e. The van der Waals surface area contributed by atoms with E-state index >= 15 is 0 Å². The molecule has 0 fully saturated rings. The van der Waals surface area contributed by atoms with Gasteiger partial charge >= 0.3 is 0 Å². The first-order chi connectivity index (χ1) is 12.4. The van der Waals surface area contributed by atoms with Crippen LogP contribution in [-0.4, -0.2) is 37.5 Å². The van der Waals surface area contributed by atoms with Crippen molar-refractivity contribution in [3.8, 4) is 11.5 Å². The summed E-state index contributed by atoms with van der Waals surface area (Å²) in [5, 5.41) is 2.78. The predicted octanol–water partition coefficient (Wildman–Crippen LogP) is 3.00. The Kier molecular flexibility index (Phi) is 6.60. The van der Waals surface area contributed by atoms with Gasteiger partial charge < -0.3 is 19.7 Å². The molecule has 0 aromatic heterocycles. The minimum absolute atomic E-state index is 0.0433. The summed E-state index contributed by atoms with van der Waals surface area (Å²) in [6.07, 6.45) is 0. The molecule has 6 heteroatoms. The van der Waals surface area contributed by atoms with Crippen LogP contribution in [0.25, 0.3) is 0 Å². The quantitative estimate of drug-likeness (QED) is 0.828. The van der Waals surface area contributed by atoms with Crippen LogP contribution in [0, 0.1) is 6.92 Å². The lowest BCUT2D eigenvalue weighted by Gasteiger charge is -2.21. The number of methoxy groups -OCH3 is 2. The van der Waals surface area contributed by atoms with E-state index in [2.05, 4.69) is 5.32 Å². The monoisotopic (exact) mass is 356 g/mol. The topological polar surface area (TPSA) is 67.9 Å². The molecule has 1 N–H and O–H groups in total. The predicted molar refractivity (Wildman–Crippen MR) is 100 cm³/mol. The van der Waals surface area contributed by atoms with E-state index in [1.54, 1.807) is 25.3 Å². The Morgan fingerprint density at radius 3 is 2.31 bits per heavy atom. The second kappa shape index (κ2) is 8.89. The molecule has 0 atom stereocenters. The summed E-state index contributed by atoms with van der Waals surface area (Å²) in [6.45, 7) is 3.79. The van der Waals surface area contributed by atoms with Crippen LogP contribution in [0.2, 0.25) is 0 Å². The van der Waals surface area contributed by atoms with Crippen LogP contribution in [0.1, 0.15) is 18.1 Å². The Morgan fingerprint density at radius 1 is 1.04 bits per heavy atom. The second-order valence-corrected chi connectivity index (χ2v) is 5.98. The molecule has 0 aliphatic rings. The van der Waals surface area contributed by atoms with Crippen LogP contribution < -0.4 is 14.8 Å². The summed E-state index contributed by atoms with van der Waals surface area (Å²) in [7, 11) is 3.08. The van der Waals surface area contributed by atoms with Crippen LogP contribution >= 0.6 is 0 Å². The van der Waals surface area contributed by atoms with Crippen molar-refractivity contribution in [3.63, 3.8) is 0 Å². The Balaban J connectivity index is 2.06. The third kappa shape index (κ3) is 5.24. The average Bonchev–Trinajstić information content (AvgIpc) is 2.63. The van der Waals surface area contributed by atoms with Gasteiger partial charge in [0.15, 0.2) is 0 Å². The van der Waals surface area contributed by atoms with Crippen molar-refractivity contribution in [1.82, 2.24) is 4.90 Å². The molecular weight excluding hydrogens is 332 g/mol. The standard InChI is InChI=1S/C20H24N2O4/c1-14-5-7-16(8-6-14)12-22(15(2)23)13-20(24)21-18-10-9-17(25-3)11-19(18)26-4/h5-11H,12-13H2,1-4H3,(H,21,24). The smallest absolute Gasteiger partial charge is 0.244 e. The molecule has 0 aliphatic carbocycles. The number of nitrogens with zero attached hydrogens (tertiary/aromatic N) is 1. The van der Waals surface area contributed by atoms with Crippen molar-refractivity contribution in [1.29, 1.82) is 0 Å². The van der Waals surface area contributed by atoms with E-state index < -0.39 is 0 Å². The van der Waals surface area contributed by atoms with E-state index in [1.807, 2.05) is 31.2 Å². The molecule has 6 nitrogen and oxygen atoms in total. The van der Waals surface area contributed by atoms with Gasteiger partial charge in [0, 0.05) is 19.5 Å². The average molecular weight is 356 g/mol. The lowest BCUT2D eigenvalue weighted by Crippen LogP contribution is -2.36. The van der Waals surface area contributed by atoms with Gasteiger partial charge in [-0.15, -0.1) is 0 Å². The number of ether oxygens (including phenoxy) is 2. The van der Waals surface area contributed by atoms with Gasteiger partial charge in [-0.3, -0.25) is 9.59 Å². The molecule has 2 amide bonds. The number of nitrogens with one attached hydrogen (secondary N) is 1. The van der Waals surface area contributed by atoms with Crippen molar-refractivity contribution in [2.45, 2.75) is 20.4 Å². The summed E-state index contributed by atoms with van der Waals surface area (Å²) in [5.41, 5.74) is 2.64. The van der Waals surface area contributed by atoms with E-state index in [1.165, 1.54) is 18.9 Å². The lowest BCUT2D eigenvalue weighted by molar-refractivity contribution is -0.133. The summed E-state index contributed by atoms with van der Waals surface area (Å²) in [5.74, 6) is 0.661. The van der Waals surface area contributed by atoms with Gasteiger partial charge in [-0.05, 0) is 24.6 Å². The van der Waals surface area contributed by atoms with Crippen molar-refractivity contribution in [2.75, 3.05) is 26.1 Å². The minimum Gasteiger partial charge on any atom is -0.497 e. The van der Waals surface area contributed by atoms with Gasteiger partial charge in [-0.1, -0.05) is 29.8 Å². The van der Waals surface area contributed by atoms with Crippen molar-refractivity contribution < 1.29 is 19.1 Å². The highest BCUT2D eigenvalue weighted by molar-refractivity contribution is 5.95. The molecule has 0 bridgehead atoms. The highest BCUT2D eigenvalue weighted by Crippen LogP contribution is 2.28. The third-order valence-electron chi connectivity index (χ3n) is 3.96. The Bertz CT molecular complexity index is 772. The molecule has 0 radical (unpaired) electrons. The molecule has 0 saturated carbocycles. The zero-order valence-corrected chi connectivity index (χ0v) is 15.5. The van der Waals surface area contributed by atoms with Crippen LogP contribution in [-0.2, 0) is 16.1 Å². The molecule has 0 heterocycles. The van der Waals surface area contributed by atoms with Gasteiger partial charge in [0.25, 0.3) is 0 Å². The molecule has 2 aromatic carbocycles. The zero-order valence-electron chi connectivity index (χ0n) is 15.5. The summed E-state index contributed by atoms with van der Waals surface area (Å²) in [6, 6.07) is 13.0. The van der Waals surface area contributed by atoms with Crippen molar-refractivity contribution >= 4 is 17.5 Å². The number of hydrogen-bond acceptors (Lipinski definition) is 4. The zero-order chi connectivity index (χ0) is 19.1. The first kappa shape index (κ1) is 19.3. The van der Waals surface area contributed by atoms with E-state index in [0.717, 1.165) is 11.1 Å².